The van der Waals surface area contributed by atoms with Crippen LogP contribution in [0.25, 0.3) is 10.9 Å². The van der Waals surface area contributed by atoms with Gasteiger partial charge in [0.15, 0.2) is 6.61 Å². The van der Waals surface area contributed by atoms with E-state index in [2.05, 4.69) is 53.4 Å². The predicted octanol–water partition coefficient (Wildman–Crippen LogP) is 5.53. The lowest BCUT2D eigenvalue weighted by Crippen LogP contribution is -2.54. The first-order valence-corrected chi connectivity index (χ1v) is 14.7. The molecule has 3 fully saturated rings. The number of oxime groups is 1. The fourth-order valence-corrected chi connectivity index (χ4v) is 8.80. The Hall–Kier alpha value is -3.04. The molecule has 3 unspecified atom stereocenters. The molecule has 0 aliphatic heterocycles. The van der Waals surface area contributed by atoms with Crippen LogP contribution in [0.2, 0.25) is 0 Å². The van der Waals surface area contributed by atoms with Gasteiger partial charge in [-0.15, -0.1) is 6.42 Å². The maximum atomic E-state index is 12.3. The Kier molecular flexibility index (Phi) is 6.62. The van der Waals surface area contributed by atoms with Crippen LogP contribution in [-0.4, -0.2) is 40.5 Å². The summed E-state index contributed by atoms with van der Waals surface area (Å²) in [4.78, 5) is 21.1. The first-order valence-electron chi connectivity index (χ1n) is 14.7. The number of terminal acetylenes is 1. The number of carbonyl (C=O) groups excluding carboxylic acids is 1. The highest BCUT2D eigenvalue weighted by Gasteiger charge is 2.63. The van der Waals surface area contributed by atoms with E-state index in [1.807, 2.05) is 18.3 Å². The molecule has 2 aromatic rings. The van der Waals surface area contributed by atoms with Gasteiger partial charge in [0.25, 0.3) is 5.91 Å². The minimum absolute atomic E-state index is 0.0686. The number of amides is 1. The van der Waals surface area contributed by atoms with E-state index >= 15 is 0 Å². The van der Waals surface area contributed by atoms with Crippen LogP contribution in [0.1, 0.15) is 70.8 Å². The third kappa shape index (κ3) is 4.30. The number of nitrogens with one attached hydrogen (secondary N) is 2. The lowest BCUT2D eigenvalue weighted by molar-refractivity contribution is -0.125. The van der Waals surface area contributed by atoms with Crippen LogP contribution in [0.3, 0.4) is 0 Å². The van der Waals surface area contributed by atoms with Crippen LogP contribution in [-0.2, 0) is 16.1 Å². The van der Waals surface area contributed by atoms with E-state index in [9.17, 15) is 9.90 Å². The number of aromatic nitrogens is 1. The highest BCUT2D eigenvalue weighted by molar-refractivity contribution is 5.96. The van der Waals surface area contributed by atoms with Crippen molar-refractivity contribution >= 4 is 22.5 Å². The van der Waals surface area contributed by atoms with Gasteiger partial charge in [0.2, 0.25) is 0 Å². The van der Waals surface area contributed by atoms with Crippen molar-refractivity contribution in [1.82, 2.24) is 10.3 Å². The van der Waals surface area contributed by atoms with Crippen LogP contribution >= 0.6 is 0 Å². The van der Waals surface area contributed by atoms with Crippen molar-refractivity contribution in [2.24, 2.45) is 33.7 Å². The molecule has 1 aromatic heterocycles. The van der Waals surface area contributed by atoms with E-state index in [0.717, 1.165) is 69.0 Å². The van der Waals surface area contributed by atoms with Gasteiger partial charge in [0, 0.05) is 29.1 Å². The average molecular weight is 528 g/mol. The number of benzene rings is 1. The minimum Gasteiger partial charge on any atom is -0.385 e. The third-order valence-electron chi connectivity index (χ3n) is 11.1. The van der Waals surface area contributed by atoms with E-state index < -0.39 is 5.60 Å². The topological polar surface area (TPSA) is 86.7 Å². The number of hydrogen-bond donors (Lipinski definition) is 3. The molecule has 0 radical (unpaired) electrons. The summed E-state index contributed by atoms with van der Waals surface area (Å²) in [6, 6.07) is 8.19. The van der Waals surface area contributed by atoms with E-state index in [1.165, 1.54) is 16.5 Å². The molecule has 6 atom stereocenters. The zero-order chi connectivity index (χ0) is 27.3. The summed E-state index contributed by atoms with van der Waals surface area (Å²) < 4.78 is 0. The van der Waals surface area contributed by atoms with Crippen LogP contribution < -0.4 is 5.32 Å². The highest BCUT2D eigenvalue weighted by Crippen LogP contribution is 2.67. The van der Waals surface area contributed by atoms with Crippen molar-refractivity contribution in [2.75, 3.05) is 13.2 Å². The van der Waals surface area contributed by atoms with Gasteiger partial charge >= 0.3 is 0 Å². The second kappa shape index (κ2) is 9.86. The Balaban J connectivity index is 1.03. The summed E-state index contributed by atoms with van der Waals surface area (Å²) in [6.45, 7) is 5.18. The van der Waals surface area contributed by atoms with Crippen molar-refractivity contribution in [3.63, 3.8) is 0 Å². The van der Waals surface area contributed by atoms with E-state index in [1.54, 1.807) is 0 Å². The maximum Gasteiger partial charge on any atom is 0.260 e. The molecule has 1 heterocycles. The van der Waals surface area contributed by atoms with Crippen molar-refractivity contribution in [3.05, 3.63) is 47.7 Å². The molecule has 6 heteroatoms. The molecule has 0 bridgehead atoms. The largest absolute Gasteiger partial charge is 0.385 e. The Labute approximate surface area is 231 Å². The second-order valence-electron chi connectivity index (χ2n) is 12.8. The molecular formula is C33H41N3O3. The van der Waals surface area contributed by atoms with E-state index in [0.29, 0.717) is 24.3 Å². The summed E-state index contributed by atoms with van der Waals surface area (Å²) in [7, 11) is 0. The van der Waals surface area contributed by atoms with Gasteiger partial charge in [-0.2, -0.15) is 0 Å². The first-order chi connectivity index (χ1) is 18.8. The molecule has 3 saturated carbocycles. The minimum atomic E-state index is -0.952. The van der Waals surface area contributed by atoms with Gasteiger partial charge in [0.05, 0.1) is 5.71 Å². The summed E-state index contributed by atoms with van der Waals surface area (Å²) in [5, 5.41) is 19.7. The first kappa shape index (κ1) is 26.2. The number of H-pyrrole nitrogens is 1. The quantitative estimate of drug-likeness (QED) is 0.341. The molecular weight excluding hydrogens is 486 g/mol. The van der Waals surface area contributed by atoms with Crippen molar-refractivity contribution in [1.29, 1.82) is 0 Å². The molecule has 206 valence electrons. The normalized spacial score (nSPS) is 36.4. The molecule has 6 nitrogen and oxygen atoms in total. The zero-order valence-corrected chi connectivity index (χ0v) is 23.3. The summed E-state index contributed by atoms with van der Waals surface area (Å²) >= 11 is 0. The Bertz CT molecular complexity index is 1370. The molecule has 6 rings (SSSR count). The van der Waals surface area contributed by atoms with Gasteiger partial charge in [-0.05, 0) is 98.7 Å². The van der Waals surface area contributed by atoms with E-state index in [-0.39, 0.29) is 23.3 Å². The van der Waals surface area contributed by atoms with Gasteiger partial charge in [-0.1, -0.05) is 48.7 Å². The fraction of sp³-hybridized carbons (Fsp3) is 0.576. The Morgan fingerprint density at radius 2 is 2.00 bits per heavy atom. The molecule has 1 amide bonds. The number of allylic oxidation sites excluding steroid dienone is 2. The van der Waals surface area contributed by atoms with Crippen molar-refractivity contribution in [3.8, 4) is 12.3 Å². The predicted molar refractivity (Wildman–Crippen MR) is 154 cm³/mol. The molecule has 4 aliphatic rings. The molecule has 3 N–H and O–H groups in total. The summed E-state index contributed by atoms with van der Waals surface area (Å²) in [5.41, 5.74) is 3.78. The SMILES string of the molecule is C#C[C@@]1(O)CCC2C3CCC4=C/C(=N\OCC(=O)NCCc5c[nH]c6ccccc56)CC[C@]4(C)C3CC[C@@]21C. The number of rotatable bonds is 6. The maximum absolute atomic E-state index is 12.3. The van der Waals surface area contributed by atoms with Gasteiger partial charge in [-0.25, -0.2) is 0 Å². The summed E-state index contributed by atoms with van der Waals surface area (Å²) in [5.74, 6) is 4.38. The van der Waals surface area contributed by atoms with Crippen LogP contribution in [0.15, 0.2) is 47.3 Å². The highest BCUT2D eigenvalue weighted by atomic mass is 16.6. The molecule has 4 aliphatic carbocycles. The number of nitrogens with zero attached hydrogens (tertiary/aromatic N) is 1. The molecule has 1 aromatic carbocycles. The average Bonchev–Trinajstić information content (AvgIpc) is 3.47. The fourth-order valence-electron chi connectivity index (χ4n) is 8.80. The lowest BCUT2D eigenvalue weighted by Gasteiger charge is -2.58. The molecule has 0 spiro atoms. The van der Waals surface area contributed by atoms with Crippen LogP contribution in [0.4, 0.5) is 0 Å². The van der Waals surface area contributed by atoms with Crippen molar-refractivity contribution in [2.45, 2.75) is 77.2 Å². The van der Waals surface area contributed by atoms with Gasteiger partial charge in [-0.3, -0.25) is 4.79 Å². The van der Waals surface area contributed by atoms with Crippen LogP contribution in [0.5, 0.6) is 0 Å². The number of hydrogen-bond acceptors (Lipinski definition) is 4. The number of fused-ring (bicyclic) bond motifs is 6. The monoisotopic (exact) mass is 527 g/mol. The zero-order valence-electron chi connectivity index (χ0n) is 23.3. The number of carbonyl (C=O) groups is 1. The van der Waals surface area contributed by atoms with Gasteiger partial charge in [0.1, 0.15) is 5.60 Å². The second-order valence-corrected chi connectivity index (χ2v) is 12.8. The van der Waals surface area contributed by atoms with Gasteiger partial charge < -0.3 is 20.2 Å². The Morgan fingerprint density at radius 3 is 2.85 bits per heavy atom. The van der Waals surface area contributed by atoms with E-state index in [4.69, 9.17) is 11.3 Å². The number of para-hydroxylation sites is 1. The standard InChI is InChI=1S/C33H41N3O3/c1-4-33(38)17-13-28-26-10-9-23-19-24(11-15-31(23,2)27(26)12-16-32(28,33)3)36-39-21-30(37)34-18-14-22-20-35-29-8-6-5-7-25(22)29/h1,5-8,19-20,26-28,35,38H,9-18,21H2,2-3H3,(H,34,37)/b36-24-/t26?,27?,28?,31-,32-,33+/m0/s1. The summed E-state index contributed by atoms with van der Waals surface area (Å²) in [6.07, 6.45) is 18.9. The smallest absolute Gasteiger partial charge is 0.260 e. The molecule has 39 heavy (non-hydrogen) atoms. The van der Waals surface area contributed by atoms with Crippen molar-refractivity contribution < 1.29 is 14.7 Å². The Morgan fingerprint density at radius 1 is 1.18 bits per heavy atom. The number of aliphatic hydroxyl groups is 1. The number of aromatic amines is 1. The lowest BCUT2D eigenvalue weighted by atomic mass is 9.46. The molecule has 0 saturated heterocycles. The van der Waals surface area contributed by atoms with Crippen LogP contribution in [0, 0.1) is 40.9 Å². The third-order valence-corrected chi connectivity index (χ3v) is 11.1.